The minimum absolute atomic E-state index is 0.421. The topological polar surface area (TPSA) is 171 Å². The summed E-state index contributed by atoms with van der Waals surface area (Å²) in [6.45, 7) is 1.71. The molecule has 0 aromatic rings. The Morgan fingerprint density at radius 2 is 1.57 bits per heavy atom. The summed E-state index contributed by atoms with van der Waals surface area (Å²) in [4.78, 5) is 44.5. The number of hydrogen-bond donors (Lipinski definition) is 6. The van der Waals surface area contributed by atoms with Gasteiger partial charge < -0.3 is 31.9 Å². The van der Waals surface area contributed by atoms with Crippen molar-refractivity contribution in [3.05, 3.63) is 0 Å². The van der Waals surface area contributed by atoms with E-state index in [2.05, 4.69) is 16.0 Å². The molecule has 10 heteroatoms. The molecule has 0 bridgehead atoms. The summed E-state index contributed by atoms with van der Waals surface area (Å²) in [7, 11) is 0. The number of aliphatic hydroxyl groups excluding tert-OH is 1. The molecule has 10 nitrogen and oxygen atoms in total. The lowest BCUT2D eigenvalue weighted by Crippen LogP contribution is -2.52. The van der Waals surface area contributed by atoms with Gasteiger partial charge in [-0.25, -0.2) is 0 Å². The first-order valence-electron chi connectivity index (χ1n) is 6.15. The molecular weight excluding hydrogens is 284 g/mol. The molecule has 7 N–H and O–H groups in total. The number of carbonyl (C=O) groups is 4. The van der Waals surface area contributed by atoms with Crippen molar-refractivity contribution in [1.82, 2.24) is 16.0 Å². The van der Waals surface area contributed by atoms with E-state index >= 15 is 0 Å². The maximum absolute atomic E-state index is 11.5. The fourth-order valence-corrected chi connectivity index (χ4v) is 1.18. The van der Waals surface area contributed by atoms with E-state index < -0.39 is 55.0 Å². The predicted octanol–water partition coefficient (Wildman–Crippen LogP) is -3.48. The molecule has 3 unspecified atom stereocenters. The number of nitrogens with one attached hydrogen (secondary N) is 3. The first-order chi connectivity index (χ1) is 9.65. The van der Waals surface area contributed by atoms with Crippen LogP contribution in [0.3, 0.4) is 0 Å². The second kappa shape index (κ2) is 8.87. The van der Waals surface area contributed by atoms with Crippen molar-refractivity contribution < 1.29 is 29.4 Å². The van der Waals surface area contributed by atoms with Gasteiger partial charge in [-0.15, -0.1) is 0 Å². The number of rotatable bonds is 8. The van der Waals surface area contributed by atoms with E-state index in [1.807, 2.05) is 0 Å². The number of amides is 3. The van der Waals surface area contributed by atoms with Gasteiger partial charge >= 0.3 is 5.97 Å². The first-order valence-corrected chi connectivity index (χ1v) is 6.15. The van der Waals surface area contributed by atoms with E-state index in [0.717, 1.165) is 0 Å². The molecule has 120 valence electrons. The number of carboxylic acids is 1. The Kier molecular flexibility index (Phi) is 7.94. The second-order valence-electron chi connectivity index (χ2n) is 4.38. The summed E-state index contributed by atoms with van der Waals surface area (Å²) in [5.41, 5.74) is 5.35. The van der Waals surface area contributed by atoms with Crippen molar-refractivity contribution >= 4 is 23.7 Å². The lowest BCUT2D eigenvalue weighted by atomic mass is 10.2. The van der Waals surface area contributed by atoms with Crippen LogP contribution in [0.2, 0.25) is 0 Å². The Morgan fingerprint density at radius 3 is 2.05 bits per heavy atom. The van der Waals surface area contributed by atoms with Gasteiger partial charge in [0.15, 0.2) is 0 Å². The highest BCUT2D eigenvalue weighted by molar-refractivity contribution is 5.91. The Balaban J connectivity index is 4.11. The highest BCUT2D eigenvalue weighted by Gasteiger charge is 2.20. The molecule has 0 rings (SSSR count). The lowest BCUT2D eigenvalue weighted by molar-refractivity contribution is -0.138. The zero-order valence-corrected chi connectivity index (χ0v) is 11.8. The fraction of sp³-hybridized carbons (Fsp3) is 0.636. The maximum atomic E-state index is 11.5. The molecular formula is C11H20N4O6. The van der Waals surface area contributed by atoms with Crippen LogP contribution in [0.25, 0.3) is 0 Å². The molecule has 0 aromatic carbocycles. The zero-order chi connectivity index (χ0) is 16.6. The third kappa shape index (κ3) is 7.84. The van der Waals surface area contributed by atoms with Gasteiger partial charge in [0.25, 0.3) is 0 Å². The number of aliphatic carboxylic acids is 1. The van der Waals surface area contributed by atoms with Gasteiger partial charge in [0.2, 0.25) is 17.7 Å². The highest BCUT2D eigenvalue weighted by Crippen LogP contribution is 1.88. The zero-order valence-electron chi connectivity index (χ0n) is 11.8. The smallest absolute Gasteiger partial charge is 0.322 e. The molecule has 0 radical (unpaired) electrons. The van der Waals surface area contributed by atoms with Crippen molar-refractivity contribution in [2.24, 2.45) is 5.73 Å². The summed E-state index contributed by atoms with van der Waals surface area (Å²) >= 11 is 0. The molecule has 3 amide bonds. The van der Waals surface area contributed by atoms with Crippen molar-refractivity contribution in [2.45, 2.75) is 32.0 Å². The van der Waals surface area contributed by atoms with E-state index in [-0.39, 0.29) is 0 Å². The van der Waals surface area contributed by atoms with Gasteiger partial charge in [-0.2, -0.15) is 0 Å². The predicted molar refractivity (Wildman–Crippen MR) is 70.9 cm³/mol. The Hall–Kier alpha value is -2.20. The number of aliphatic hydroxyl groups is 1. The van der Waals surface area contributed by atoms with E-state index in [1.165, 1.54) is 13.8 Å². The molecule has 0 aromatic heterocycles. The molecule has 21 heavy (non-hydrogen) atoms. The van der Waals surface area contributed by atoms with Gasteiger partial charge in [-0.1, -0.05) is 0 Å². The van der Waals surface area contributed by atoms with Crippen LogP contribution in [-0.4, -0.2) is 65.2 Å². The van der Waals surface area contributed by atoms with Gasteiger partial charge in [-0.05, 0) is 13.8 Å². The second-order valence-corrected chi connectivity index (χ2v) is 4.38. The Labute approximate surface area is 121 Å². The SMILES string of the molecule is CC(NC(=O)CNC(=O)C(N)C(C)O)C(=O)NCC(=O)O. The van der Waals surface area contributed by atoms with Gasteiger partial charge in [0, 0.05) is 0 Å². The lowest BCUT2D eigenvalue weighted by Gasteiger charge is -2.16. The minimum Gasteiger partial charge on any atom is -0.480 e. The van der Waals surface area contributed by atoms with Crippen LogP contribution in [0.4, 0.5) is 0 Å². The Morgan fingerprint density at radius 1 is 1.05 bits per heavy atom. The molecule has 0 aliphatic rings. The third-order valence-electron chi connectivity index (χ3n) is 2.43. The van der Waals surface area contributed by atoms with Crippen molar-refractivity contribution in [3.8, 4) is 0 Å². The summed E-state index contributed by atoms with van der Waals surface area (Å²) in [5, 5.41) is 24.0. The molecule has 0 aliphatic carbocycles. The van der Waals surface area contributed by atoms with Crippen LogP contribution in [0.15, 0.2) is 0 Å². The highest BCUT2D eigenvalue weighted by atomic mass is 16.4. The minimum atomic E-state index is -1.21. The summed E-state index contributed by atoms with van der Waals surface area (Å²) in [6.07, 6.45) is -1.06. The number of carbonyl (C=O) groups excluding carboxylic acids is 3. The van der Waals surface area contributed by atoms with Gasteiger partial charge in [0.1, 0.15) is 18.6 Å². The van der Waals surface area contributed by atoms with Crippen molar-refractivity contribution in [1.29, 1.82) is 0 Å². The van der Waals surface area contributed by atoms with Crippen LogP contribution >= 0.6 is 0 Å². The maximum Gasteiger partial charge on any atom is 0.322 e. The molecule has 3 atom stereocenters. The monoisotopic (exact) mass is 304 g/mol. The van der Waals surface area contributed by atoms with Crippen LogP contribution in [-0.2, 0) is 19.2 Å². The van der Waals surface area contributed by atoms with Crippen LogP contribution < -0.4 is 21.7 Å². The van der Waals surface area contributed by atoms with Gasteiger partial charge in [0.05, 0.1) is 12.6 Å². The average Bonchev–Trinajstić information content (AvgIpc) is 2.40. The normalized spacial score (nSPS) is 14.5. The first kappa shape index (κ1) is 18.8. The van der Waals surface area contributed by atoms with E-state index in [0.29, 0.717) is 0 Å². The van der Waals surface area contributed by atoms with E-state index in [1.54, 1.807) is 0 Å². The largest absolute Gasteiger partial charge is 0.480 e. The van der Waals surface area contributed by atoms with Crippen LogP contribution in [0, 0.1) is 0 Å². The summed E-state index contributed by atoms with van der Waals surface area (Å²) < 4.78 is 0. The Bertz CT molecular complexity index is 412. The number of carboxylic acid groups (broad SMARTS) is 1. The third-order valence-corrected chi connectivity index (χ3v) is 2.43. The molecule has 0 fully saturated rings. The molecule has 0 saturated heterocycles. The summed E-state index contributed by atoms with van der Waals surface area (Å²) in [6, 6.07) is -2.12. The summed E-state index contributed by atoms with van der Waals surface area (Å²) in [5.74, 6) is -3.23. The molecule has 0 heterocycles. The standard InChI is InChI=1S/C11H20N4O6/c1-5(10(20)14-4-8(18)19)15-7(17)3-13-11(21)9(12)6(2)16/h5-6,9,16H,3-4,12H2,1-2H3,(H,13,21)(H,14,20)(H,15,17)(H,18,19). The number of nitrogens with two attached hydrogens (primary N) is 1. The fourth-order valence-electron chi connectivity index (χ4n) is 1.18. The average molecular weight is 304 g/mol. The van der Waals surface area contributed by atoms with Crippen molar-refractivity contribution in [3.63, 3.8) is 0 Å². The van der Waals surface area contributed by atoms with Crippen LogP contribution in [0.1, 0.15) is 13.8 Å². The van der Waals surface area contributed by atoms with Crippen molar-refractivity contribution in [2.75, 3.05) is 13.1 Å². The molecule has 0 saturated carbocycles. The molecule has 0 aliphatic heterocycles. The number of hydrogen-bond acceptors (Lipinski definition) is 6. The van der Waals surface area contributed by atoms with E-state index in [4.69, 9.17) is 15.9 Å². The van der Waals surface area contributed by atoms with E-state index in [9.17, 15) is 19.2 Å². The quantitative estimate of drug-likeness (QED) is 0.270. The molecule has 0 spiro atoms. The van der Waals surface area contributed by atoms with Gasteiger partial charge in [-0.3, -0.25) is 19.2 Å². The van der Waals surface area contributed by atoms with Crippen LogP contribution in [0.5, 0.6) is 0 Å².